The average molecular weight is 556 g/mol. The predicted octanol–water partition coefficient (Wildman–Crippen LogP) is 4.76. The summed E-state index contributed by atoms with van der Waals surface area (Å²) in [6.45, 7) is 3.72. The molecular formula is C25H30F5N7O2. The fourth-order valence-corrected chi connectivity index (χ4v) is 4.67. The van der Waals surface area contributed by atoms with Crippen LogP contribution < -0.4 is 10.6 Å². The molecule has 4 rings (SSSR count). The standard InChI is InChI=1S/C25H30F5N7O2/c1-15(2)37-19(6-10-32-37)23(39)35-22(17-3-7-24(26,27)8-4-17)18-14-36-20(34-18)11-16(13-33-36)12-31-21(38)5-9-25(28,29)30/h6,10-11,13-15,17,22H,3-5,7-9,12H2,1-2H3,(H,31,38)(H,35,39)/t22-/m0/s1. The maximum atomic E-state index is 13.9. The van der Waals surface area contributed by atoms with E-state index in [9.17, 15) is 31.5 Å². The van der Waals surface area contributed by atoms with Crippen molar-refractivity contribution < 1.29 is 31.5 Å². The molecule has 3 heterocycles. The normalized spacial score (nSPS) is 16.9. The lowest BCUT2D eigenvalue weighted by Gasteiger charge is -2.33. The fraction of sp³-hybridized carbons (Fsp3) is 0.560. The molecule has 0 aromatic carbocycles. The van der Waals surface area contributed by atoms with Crippen LogP contribution in [0, 0.1) is 5.92 Å². The number of nitrogens with one attached hydrogen (secondary N) is 2. The molecule has 1 saturated carbocycles. The maximum absolute atomic E-state index is 13.9. The van der Waals surface area contributed by atoms with Crippen molar-refractivity contribution in [2.24, 2.45) is 5.92 Å². The number of hydrogen-bond donors (Lipinski definition) is 2. The van der Waals surface area contributed by atoms with Crippen LogP contribution in [0.15, 0.2) is 30.7 Å². The largest absolute Gasteiger partial charge is 0.389 e. The lowest BCUT2D eigenvalue weighted by atomic mass is 9.81. The van der Waals surface area contributed by atoms with Crippen LogP contribution in [0.2, 0.25) is 0 Å². The summed E-state index contributed by atoms with van der Waals surface area (Å²) in [7, 11) is 0. The van der Waals surface area contributed by atoms with Gasteiger partial charge in [-0.3, -0.25) is 14.3 Å². The second-order valence-corrected chi connectivity index (χ2v) is 10.1. The zero-order chi connectivity index (χ0) is 28.4. The lowest BCUT2D eigenvalue weighted by molar-refractivity contribution is -0.144. The number of imidazole rings is 1. The van der Waals surface area contributed by atoms with E-state index in [2.05, 4.69) is 25.8 Å². The predicted molar refractivity (Wildman–Crippen MR) is 130 cm³/mol. The van der Waals surface area contributed by atoms with Crippen molar-refractivity contribution in [2.75, 3.05) is 0 Å². The molecule has 39 heavy (non-hydrogen) atoms. The number of carbonyl (C=O) groups excluding carboxylic acids is 2. The third-order valence-corrected chi connectivity index (χ3v) is 6.75. The van der Waals surface area contributed by atoms with Gasteiger partial charge in [0.2, 0.25) is 11.8 Å². The number of amides is 2. The molecule has 3 aromatic rings. The molecule has 14 heteroatoms. The Morgan fingerprint density at radius 1 is 1.18 bits per heavy atom. The van der Waals surface area contributed by atoms with Crippen molar-refractivity contribution in [1.82, 2.24) is 35.0 Å². The van der Waals surface area contributed by atoms with E-state index < -0.39 is 42.8 Å². The lowest BCUT2D eigenvalue weighted by Crippen LogP contribution is -2.38. The average Bonchev–Trinajstić information content (AvgIpc) is 3.52. The van der Waals surface area contributed by atoms with Crippen LogP contribution in [0.4, 0.5) is 22.0 Å². The summed E-state index contributed by atoms with van der Waals surface area (Å²) in [4.78, 5) is 29.6. The van der Waals surface area contributed by atoms with Gasteiger partial charge in [-0.15, -0.1) is 0 Å². The quantitative estimate of drug-likeness (QED) is 0.371. The number of alkyl halides is 5. The maximum Gasteiger partial charge on any atom is 0.389 e. The number of hydrogen-bond acceptors (Lipinski definition) is 5. The zero-order valence-electron chi connectivity index (χ0n) is 21.5. The molecule has 1 fully saturated rings. The first kappa shape index (κ1) is 28.4. The van der Waals surface area contributed by atoms with Crippen LogP contribution in [0.3, 0.4) is 0 Å². The molecule has 212 valence electrons. The van der Waals surface area contributed by atoms with Gasteiger partial charge in [-0.05, 0) is 50.3 Å². The zero-order valence-corrected chi connectivity index (χ0v) is 21.5. The van der Waals surface area contributed by atoms with E-state index in [0.29, 0.717) is 22.6 Å². The highest BCUT2D eigenvalue weighted by atomic mass is 19.4. The van der Waals surface area contributed by atoms with Crippen LogP contribution in [0.1, 0.15) is 86.2 Å². The SMILES string of the molecule is CC(C)n1nccc1C(=O)N[C@H](c1cn2ncc(CNC(=O)CCC(F)(F)F)cc2n1)C1CCC(F)(F)CC1. The summed E-state index contributed by atoms with van der Waals surface area (Å²) in [6, 6.07) is 2.46. The van der Waals surface area contributed by atoms with Gasteiger partial charge >= 0.3 is 6.18 Å². The molecule has 1 atom stereocenters. The van der Waals surface area contributed by atoms with Gasteiger partial charge < -0.3 is 10.6 Å². The minimum absolute atomic E-state index is 0.0422. The van der Waals surface area contributed by atoms with Gasteiger partial charge in [0.15, 0.2) is 5.65 Å². The Morgan fingerprint density at radius 3 is 2.56 bits per heavy atom. The van der Waals surface area contributed by atoms with Gasteiger partial charge in [-0.1, -0.05) is 0 Å². The van der Waals surface area contributed by atoms with Crippen molar-refractivity contribution in [3.8, 4) is 0 Å². The number of carbonyl (C=O) groups is 2. The van der Waals surface area contributed by atoms with Gasteiger partial charge in [0.25, 0.3) is 5.91 Å². The summed E-state index contributed by atoms with van der Waals surface area (Å²) in [5.41, 5.74) is 1.66. The number of halogens is 5. The minimum Gasteiger partial charge on any atom is -0.352 e. The van der Waals surface area contributed by atoms with Gasteiger partial charge in [0, 0.05) is 38.0 Å². The van der Waals surface area contributed by atoms with E-state index in [4.69, 9.17) is 0 Å². The first-order valence-electron chi connectivity index (χ1n) is 12.7. The molecule has 2 N–H and O–H groups in total. The van der Waals surface area contributed by atoms with E-state index in [1.54, 1.807) is 23.0 Å². The van der Waals surface area contributed by atoms with Gasteiger partial charge in [0.1, 0.15) is 5.69 Å². The second-order valence-electron chi connectivity index (χ2n) is 10.1. The number of nitrogens with zero attached hydrogens (tertiary/aromatic N) is 5. The second kappa shape index (κ2) is 11.3. The third-order valence-electron chi connectivity index (χ3n) is 6.75. The first-order chi connectivity index (χ1) is 18.3. The van der Waals surface area contributed by atoms with Crippen molar-refractivity contribution in [3.05, 3.63) is 47.7 Å². The molecule has 0 aliphatic heterocycles. The molecule has 0 radical (unpaired) electrons. The van der Waals surface area contributed by atoms with Crippen molar-refractivity contribution in [2.45, 2.75) is 83.1 Å². The Kier molecular flexibility index (Phi) is 8.21. The minimum atomic E-state index is -4.42. The molecule has 0 bridgehead atoms. The van der Waals surface area contributed by atoms with E-state index in [1.807, 2.05) is 13.8 Å². The van der Waals surface area contributed by atoms with Crippen molar-refractivity contribution in [3.63, 3.8) is 0 Å². The third kappa shape index (κ3) is 7.30. The summed E-state index contributed by atoms with van der Waals surface area (Å²) in [5, 5.41) is 13.8. The molecule has 1 aliphatic rings. The smallest absolute Gasteiger partial charge is 0.352 e. The Balaban J connectivity index is 1.54. The Labute approximate surface area is 221 Å². The summed E-state index contributed by atoms with van der Waals surface area (Å²) < 4.78 is 67.9. The summed E-state index contributed by atoms with van der Waals surface area (Å²) in [5.74, 6) is -4.19. The number of fused-ring (bicyclic) bond motifs is 1. The Bertz CT molecular complexity index is 1310. The van der Waals surface area contributed by atoms with E-state index in [0.717, 1.165) is 0 Å². The molecule has 9 nitrogen and oxygen atoms in total. The fourth-order valence-electron chi connectivity index (χ4n) is 4.67. The van der Waals surface area contributed by atoms with Crippen LogP contribution in [0.25, 0.3) is 5.65 Å². The molecule has 2 amide bonds. The molecule has 1 aliphatic carbocycles. The molecule has 0 saturated heterocycles. The molecule has 3 aromatic heterocycles. The first-order valence-corrected chi connectivity index (χ1v) is 12.7. The topological polar surface area (TPSA) is 106 Å². The summed E-state index contributed by atoms with van der Waals surface area (Å²) in [6.07, 6.45) is -1.94. The molecule has 0 spiro atoms. The van der Waals surface area contributed by atoms with E-state index in [-0.39, 0.29) is 44.2 Å². The van der Waals surface area contributed by atoms with E-state index >= 15 is 0 Å². The van der Waals surface area contributed by atoms with Gasteiger partial charge in [0.05, 0.1) is 30.6 Å². The highest BCUT2D eigenvalue weighted by molar-refractivity contribution is 5.92. The van der Waals surface area contributed by atoms with Crippen molar-refractivity contribution >= 4 is 17.5 Å². The monoisotopic (exact) mass is 555 g/mol. The highest BCUT2D eigenvalue weighted by Crippen LogP contribution is 2.41. The van der Waals surface area contributed by atoms with Crippen LogP contribution in [0.5, 0.6) is 0 Å². The van der Waals surface area contributed by atoms with Gasteiger partial charge in [-0.2, -0.15) is 23.4 Å². The van der Waals surface area contributed by atoms with Crippen LogP contribution in [-0.4, -0.2) is 48.3 Å². The Hall–Kier alpha value is -3.58. The molecular weight excluding hydrogens is 525 g/mol. The Morgan fingerprint density at radius 2 is 1.90 bits per heavy atom. The van der Waals surface area contributed by atoms with E-state index in [1.165, 1.54) is 16.9 Å². The summed E-state index contributed by atoms with van der Waals surface area (Å²) >= 11 is 0. The molecule has 0 unspecified atom stereocenters. The van der Waals surface area contributed by atoms with Gasteiger partial charge in [-0.25, -0.2) is 18.3 Å². The number of rotatable bonds is 9. The number of aromatic nitrogens is 5. The van der Waals surface area contributed by atoms with Crippen molar-refractivity contribution in [1.29, 1.82) is 0 Å². The van der Waals surface area contributed by atoms with Crippen LogP contribution in [-0.2, 0) is 11.3 Å². The van der Waals surface area contributed by atoms with Crippen LogP contribution >= 0.6 is 0 Å². The highest BCUT2D eigenvalue weighted by Gasteiger charge is 2.39.